The summed E-state index contributed by atoms with van der Waals surface area (Å²) in [6.07, 6.45) is 12.1. The van der Waals surface area contributed by atoms with E-state index in [0.29, 0.717) is 12.6 Å². The number of hydrogen-bond acceptors (Lipinski definition) is 4. The summed E-state index contributed by atoms with van der Waals surface area (Å²) in [6.45, 7) is 6.66. The van der Waals surface area contributed by atoms with Crippen LogP contribution in [0.5, 0.6) is 5.75 Å². The summed E-state index contributed by atoms with van der Waals surface area (Å²) in [5.74, 6) is 1.77. The molecule has 6 heteroatoms. The van der Waals surface area contributed by atoms with Gasteiger partial charge < -0.3 is 15.0 Å². The van der Waals surface area contributed by atoms with E-state index in [1.165, 1.54) is 44.1 Å². The monoisotopic (exact) mass is 471 g/mol. The average Bonchev–Trinajstić information content (AvgIpc) is 3.29. The minimum absolute atomic E-state index is 0.0202. The molecule has 1 heterocycles. The molecule has 0 radical (unpaired) electrons. The van der Waals surface area contributed by atoms with Crippen LogP contribution in [0.25, 0.3) is 0 Å². The Hall–Kier alpha value is -2.08. The third kappa shape index (κ3) is 8.30. The Labute approximate surface area is 206 Å². The third-order valence-electron chi connectivity index (χ3n) is 7.82. The number of methoxy groups -OCH3 is 1. The molecule has 0 spiro atoms. The molecule has 190 valence electrons. The van der Waals surface area contributed by atoms with Crippen LogP contribution in [0, 0.1) is 5.92 Å². The van der Waals surface area contributed by atoms with Gasteiger partial charge in [-0.2, -0.15) is 0 Å². The Bertz CT molecular complexity index is 761. The average molecular weight is 472 g/mol. The summed E-state index contributed by atoms with van der Waals surface area (Å²) in [5, 5.41) is 3.00. The lowest BCUT2D eigenvalue weighted by Crippen LogP contribution is -2.51. The van der Waals surface area contributed by atoms with E-state index in [1.54, 1.807) is 21.0 Å². The number of nitrogens with one attached hydrogen (secondary N) is 1. The largest absolute Gasteiger partial charge is 0.497 e. The lowest BCUT2D eigenvalue weighted by atomic mass is 9.85. The molecule has 2 amide bonds. The van der Waals surface area contributed by atoms with Crippen LogP contribution in [0.3, 0.4) is 0 Å². The van der Waals surface area contributed by atoms with Crippen LogP contribution >= 0.6 is 0 Å². The van der Waals surface area contributed by atoms with E-state index in [2.05, 4.69) is 27.2 Å². The summed E-state index contributed by atoms with van der Waals surface area (Å²) in [5.41, 5.74) is 1.31. The molecule has 34 heavy (non-hydrogen) atoms. The highest BCUT2D eigenvalue weighted by atomic mass is 16.5. The van der Waals surface area contributed by atoms with Gasteiger partial charge in [-0.1, -0.05) is 44.2 Å². The molecular formula is C28H45N3O3. The second-order valence-electron chi connectivity index (χ2n) is 10.3. The van der Waals surface area contributed by atoms with Crippen LogP contribution in [0.2, 0.25) is 0 Å². The third-order valence-corrected chi connectivity index (χ3v) is 7.82. The number of nitrogens with zero attached hydrogens (tertiary/aromatic N) is 2. The normalized spacial score (nSPS) is 20.1. The summed E-state index contributed by atoms with van der Waals surface area (Å²) in [6, 6.07) is 8.78. The smallest absolute Gasteiger partial charge is 0.219 e. The maximum absolute atomic E-state index is 12.8. The second-order valence-corrected chi connectivity index (χ2v) is 10.3. The zero-order valence-corrected chi connectivity index (χ0v) is 21.6. The summed E-state index contributed by atoms with van der Waals surface area (Å²) >= 11 is 0. The summed E-state index contributed by atoms with van der Waals surface area (Å²) in [4.78, 5) is 29.1. The van der Waals surface area contributed by atoms with Crippen molar-refractivity contribution in [1.82, 2.24) is 15.1 Å². The first kappa shape index (κ1) is 26.5. The van der Waals surface area contributed by atoms with Crippen molar-refractivity contribution in [3.63, 3.8) is 0 Å². The number of rotatable bonds is 12. The van der Waals surface area contributed by atoms with Crippen LogP contribution in [0.15, 0.2) is 24.3 Å². The van der Waals surface area contributed by atoms with Crippen LogP contribution in [0.1, 0.15) is 77.2 Å². The molecule has 0 aromatic heterocycles. The number of likely N-dealkylation sites (tertiary alicyclic amines) is 1. The van der Waals surface area contributed by atoms with Gasteiger partial charge in [0, 0.05) is 45.6 Å². The molecule has 2 atom stereocenters. The standard InChI is InChI=1S/C28H45N3O3/c1-22(32)29-20-26(14-11-24-8-5-4-6-9-24)31(23(2)33)21-27-10-7-18-30(27)19-17-25-12-15-28(34-3)16-13-25/h12-13,15-16,24,26-27H,4-11,14,17-21H2,1-3H3,(H,29,32)/t26-,27+/m1/s1. The number of hydrogen-bond donors (Lipinski definition) is 1. The maximum Gasteiger partial charge on any atom is 0.219 e. The molecule has 6 nitrogen and oxygen atoms in total. The zero-order chi connectivity index (χ0) is 24.3. The van der Waals surface area contributed by atoms with E-state index in [4.69, 9.17) is 4.74 Å². The van der Waals surface area contributed by atoms with Gasteiger partial charge in [0.15, 0.2) is 0 Å². The van der Waals surface area contributed by atoms with E-state index in [1.807, 2.05) is 12.1 Å². The molecule has 1 saturated heterocycles. The van der Waals surface area contributed by atoms with Gasteiger partial charge in [-0.25, -0.2) is 0 Å². The molecule has 1 aromatic carbocycles. The quantitative estimate of drug-likeness (QED) is 0.490. The van der Waals surface area contributed by atoms with Crippen molar-refractivity contribution >= 4 is 11.8 Å². The van der Waals surface area contributed by atoms with Gasteiger partial charge in [0.25, 0.3) is 0 Å². The topological polar surface area (TPSA) is 61.9 Å². The van der Waals surface area contributed by atoms with Crippen molar-refractivity contribution in [3.8, 4) is 5.75 Å². The second kappa shape index (κ2) is 13.7. The van der Waals surface area contributed by atoms with Gasteiger partial charge >= 0.3 is 0 Å². The fourth-order valence-corrected chi connectivity index (χ4v) is 5.76. The maximum atomic E-state index is 12.8. The Kier molecular flexibility index (Phi) is 10.7. The van der Waals surface area contributed by atoms with Crippen molar-refractivity contribution in [3.05, 3.63) is 29.8 Å². The van der Waals surface area contributed by atoms with Crippen LogP contribution in [0.4, 0.5) is 0 Å². The molecule has 2 aliphatic rings. The molecule has 0 bridgehead atoms. The van der Waals surface area contributed by atoms with Crippen LogP contribution in [-0.2, 0) is 16.0 Å². The lowest BCUT2D eigenvalue weighted by molar-refractivity contribution is -0.133. The van der Waals surface area contributed by atoms with E-state index >= 15 is 0 Å². The Morgan fingerprint density at radius 1 is 1.09 bits per heavy atom. The number of carbonyl (C=O) groups excluding carboxylic acids is 2. The first-order valence-corrected chi connectivity index (χ1v) is 13.3. The number of ether oxygens (including phenoxy) is 1. The number of carbonyl (C=O) groups is 2. The summed E-state index contributed by atoms with van der Waals surface area (Å²) < 4.78 is 5.27. The van der Waals surface area contributed by atoms with Crippen LogP contribution in [-0.4, -0.2) is 67.0 Å². The van der Waals surface area contributed by atoms with Crippen molar-refractivity contribution in [2.75, 3.05) is 33.3 Å². The minimum atomic E-state index is -0.0202. The number of benzene rings is 1. The zero-order valence-electron chi connectivity index (χ0n) is 21.6. The highest BCUT2D eigenvalue weighted by Gasteiger charge is 2.31. The number of amides is 2. The molecule has 1 aliphatic heterocycles. The Morgan fingerprint density at radius 3 is 2.47 bits per heavy atom. The van der Waals surface area contributed by atoms with E-state index < -0.39 is 0 Å². The predicted octanol–water partition coefficient (Wildman–Crippen LogP) is 4.42. The van der Waals surface area contributed by atoms with E-state index in [0.717, 1.165) is 57.0 Å². The van der Waals surface area contributed by atoms with Crippen molar-refractivity contribution in [1.29, 1.82) is 0 Å². The van der Waals surface area contributed by atoms with Gasteiger partial charge in [0.2, 0.25) is 11.8 Å². The van der Waals surface area contributed by atoms with Crippen molar-refractivity contribution in [2.45, 2.75) is 90.1 Å². The van der Waals surface area contributed by atoms with Gasteiger partial charge in [0.1, 0.15) is 5.75 Å². The van der Waals surface area contributed by atoms with Crippen LogP contribution < -0.4 is 10.1 Å². The highest BCUT2D eigenvalue weighted by Crippen LogP contribution is 2.29. The lowest BCUT2D eigenvalue weighted by Gasteiger charge is -2.36. The fraction of sp³-hybridized carbons (Fsp3) is 0.714. The molecule has 1 aliphatic carbocycles. The first-order valence-electron chi connectivity index (χ1n) is 13.3. The molecular weight excluding hydrogens is 426 g/mol. The SMILES string of the molecule is COc1ccc(CCN2CCC[C@H]2CN(C(C)=O)[C@H](CCC2CCCCC2)CNC(C)=O)cc1. The van der Waals surface area contributed by atoms with Gasteiger partial charge in [0.05, 0.1) is 7.11 Å². The van der Waals surface area contributed by atoms with Crippen molar-refractivity contribution < 1.29 is 14.3 Å². The minimum Gasteiger partial charge on any atom is -0.497 e. The molecule has 0 unspecified atom stereocenters. The fourth-order valence-electron chi connectivity index (χ4n) is 5.76. The van der Waals surface area contributed by atoms with E-state index in [9.17, 15) is 9.59 Å². The molecule has 1 aromatic rings. The molecule has 3 rings (SSSR count). The molecule has 2 fully saturated rings. The predicted molar refractivity (Wildman–Crippen MR) is 137 cm³/mol. The Morgan fingerprint density at radius 2 is 1.82 bits per heavy atom. The highest BCUT2D eigenvalue weighted by molar-refractivity contribution is 5.74. The van der Waals surface area contributed by atoms with Gasteiger partial charge in [-0.15, -0.1) is 0 Å². The van der Waals surface area contributed by atoms with Gasteiger partial charge in [-0.05, 0) is 62.3 Å². The van der Waals surface area contributed by atoms with Gasteiger partial charge in [-0.3, -0.25) is 14.5 Å². The van der Waals surface area contributed by atoms with Crippen molar-refractivity contribution in [2.24, 2.45) is 5.92 Å². The molecule has 1 N–H and O–H groups in total. The first-order chi connectivity index (χ1) is 16.5. The molecule has 1 saturated carbocycles. The Balaban J connectivity index is 1.59. The van der Waals surface area contributed by atoms with E-state index in [-0.39, 0.29) is 17.9 Å². The summed E-state index contributed by atoms with van der Waals surface area (Å²) in [7, 11) is 1.69.